The predicted octanol–water partition coefficient (Wildman–Crippen LogP) is 4.35. The normalized spacial score (nSPS) is 12.8. The van der Waals surface area contributed by atoms with Crippen LogP contribution in [0.15, 0.2) is 0 Å². The quantitative estimate of drug-likeness (QED) is 0.476. The van der Waals surface area contributed by atoms with E-state index in [1.807, 2.05) is 0 Å². The molecule has 0 aliphatic heterocycles. The molecule has 0 aromatic carbocycles. The predicted molar refractivity (Wildman–Crippen MR) is 98.1 cm³/mol. The van der Waals surface area contributed by atoms with Gasteiger partial charge in [-0.15, -0.1) is 11.1 Å². The Morgan fingerprint density at radius 1 is 0.545 bits per heavy atom. The standard InChI is InChI=1S/C20H42N.Li/c1-9-17(10-2)19(13-5,14-6)21-20(15-7,16-8)18(11-3)12-4;/h17-18H,9-16H2,1-8H3;/q-1;+1. The molecule has 0 aromatic heterocycles. The molecule has 2 heteroatoms. The molecule has 0 aliphatic carbocycles. The van der Waals surface area contributed by atoms with Crippen LogP contribution in [0.2, 0.25) is 0 Å². The fourth-order valence-electron chi connectivity index (χ4n) is 4.69. The minimum absolute atomic E-state index is 0. The van der Waals surface area contributed by atoms with Crippen LogP contribution in [0.25, 0.3) is 5.32 Å². The van der Waals surface area contributed by atoms with E-state index >= 15 is 0 Å². The Balaban J connectivity index is 0. The van der Waals surface area contributed by atoms with Crippen molar-refractivity contribution in [2.24, 2.45) is 11.8 Å². The van der Waals surface area contributed by atoms with Gasteiger partial charge < -0.3 is 5.32 Å². The molecule has 0 rings (SSSR count). The van der Waals surface area contributed by atoms with Gasteiger partial charge in [-0.3, -0.25) is 0 Å². The molecule has 0 heterocycles. The summed E-state index contributed by atoms with van der Waals surface area (Å²) in [6.45, 7) is 18.8. The molecule has 1 nitrogen and oxygen atoms in total. The van der Waals surface area contributed by atoms with Gasteiger partial charge in [-0.05, 0) is 0 Å². The van der Waals surface area contributed by atoms with Crippen LogP contribution >= 0.6 is 0 Å². The number of hydrogen-bond acceptors (Lipinski definition) is 0. The summed E-state index contributed by atoms with van der Waals surface area (Å²) < 4.78 is 0. The summed E-state index contributed by atoms with van der Waals surface area (Å²) in [5.74, 6) is 1.47. The van der Waals surface area contributed by atoms with Gasteiger partial charge in [0.2, 0.25) is 0 Å². The smallest absolute Gasteiger partial charge is 0.651 e. The van der Waals surface area contributed by atoms with Gasteiger partial charge in [-0.2, -0.15) is 0 Å². The van der Waals surface area contributed by atoms with Crippen LogP contribution in [0.1, 0.15) is 107 Å². The third-order valence-corrected chi connectivity index (χ3v) is 6.39. The molecule has 0 saturated heterocycles. The molecule has 0 bridgehead atoms. The van der Waals surface area contributed by atoms with E-state index in [0.29, 0.717) is 0 Å². The minimum atomic E-state index is 0. The first-order valence-electron chi connectivity index (χ1n) is 9.73. The number of rotatable bonds is 12. The number of nitrogens with zero attached hydrogens (tertiary/aromatic N) is 1. The Labute approximate surface area is 154 Å². The summed E-state index contributed by atoms with van der Waals surface area (Å²) in [6.07, 6.45) is 9.80. The summed E-state index contributed by atoms with van der Waals surface area (Å²) in [4.78, 5) is 0. The van der Waals surface area contributed by atoms with Gasteiger partial charge in [-0.1, -0.05) is 119 Å². The van der Waals surface area contributed by atoms with E-state index in [2.05, 4.69) is 55.4 Å². The Hall–Kier alpha value is 0.557. The Morgan fingerprint density at radius 2 is 0.773 bits per heavy atom. The first-order valence-corrected chi connectivity index (χ1v) is 9.73. The molecule has 0 aromatic rings. The third-order valence-electron chi connectivity index (χ3n) is 6.39. The second kappa shape index (κ2) is 12.0. The molecule has 0 radical (unpaired) electrons. The first kappa shape index (κ1) is 24.8. The van der Waals surface area contributed by atoms with Crippen molar-refractivity contribution in [3.63, 3.8) is 0 Å². The van der Waals surface area contributed by atoms with Crippen molar-refractivity contribution in [3.05, 3.63) is 5.32 Å². The topological polar surface area (TPSA) is 14.1 Å². The van der Waals surface area contributed by atoms with Crippen LogP contribution in [0.4, 0.5) is 0 Å². The first-order chi connectivity index (χ1) is 9.99. The summed E-state index contributed by atoms with van der Waals surface area (Å²) in [5, 5.41) is 5.70. The summed E-state index contributed by atoms with van der Waals surface area (Å²) in [5.41, 5.74) is 0.385. The molecule has 0 spiro atoms. The van der Waals surface area contributed by atoms with Crippen LogP contribution < -0.4 is 18.9 Å². The van der Waals surface area contributed by atoms with Gasteiger partial charge in [0.15, 0.2) is 0 Å². The van der Waals surface area contributed by atoms with Gasteiger partial charge in [0.05, 0.1) is 0 Å². The second-order valence-corrected chi connectivity index (χ2v) is 6.76. The maximum atomic E-state index is 5.70. The largest absolute Gasteiger partial charge is 1.00 e. The van der Waals surface area contributed by atoms with Crippen LogP contribution in [-0.4, -0.2) is 11.1 Å². The van der Waals surface area contributed by atoms with Crippen molar-refractivity contribution in [1.29, 1.82) is 0 Å². The molecule has 0 unspecified atom stereocenters. The van der Waals surface area contributed by atoms with E-state index in [1.54, 1.807) is 0 Å². The van der Waals surface area contributed by atoms with Gasteiger partial charge in [0.25, 0.3) is 0 Å². The molecular formula is C20H42LiN. The molecule has 0 saturated carbocycles. The van der Waals surface area contributed by atoms with E-state index in [1.165, 1.54) is 51.4 Å². The molecule has 128 valence electrons. The van der Waals surface area contributed by atoms with Gasteiger partial charge in [0, 0.05) is 0 Å². The van der Waals surface area contributed by atoms with Gasteiger partial charge >= 0.3 is 18.9 Å². The zero-order valence-corrected chi connectivity index (χ0v) is 17.3. The maximum Gasteiger partial charge on any atom is 1.00 e. The zero-order chi connectivity index (χ0) is 16.5. The average molecular weight is 304 g/mol. The van der Waals surface area contributed by atoms with Crippen LogP contribution in [0.3, 0.4) is 0 Å². The maximum absolute atomic E-state index is 5.70. The third kappa shape index (κ3) is 5.29. The summed E-state index contributed by atoms with van der Waals surface area (Å²) >= 11 is 0. The summed E-state index contributed by atoms with van der Waals surface area (Å²) in [6, 6.07) is 0. The Bertz CT molecular complexity index is 222. The Morgan fingerprint density at radius 3 is 0.909 bits per heavy atom. The molecule has 0 N–H and O–H groups in total. The van der Waals surface area contributed by atoms with Gasteiger partial charge in [0.1, 0.15) is 0 Å². The van der Waals surface area contributed by atoms with Crippen molar-refractivity contribution in [2.45, 2.75) is 118 Å². The molecule has 22 heavy (non-hydrogen) atoms. The molecule has 0 amide bonds. The second-order valence-electron chi connectivity index (χ2n) is 6.76. The summed E-state index contributed by atoms with van der Waals surface area (Å²) in [7, 11) is 0. The molecule has 0 fully saturated rings. The van der Waals surface area contributed by atoms with Crippen molar-refractivity contribution in [2.75, 3.05) is 0 Å². The Kier molecular flexibility index (Phi) is 13.5. The van der Waals surface area contributed by atoms with E-state index in [9.17, 15) is 0 Å². The van der Waals surface area contributed by atoms with Gasteiger partial charge in [-0.25, -0.2) is 0 Å². The zero-order valence-electron chi connectivity index (χ0n) is 17.3. The van der Waals surface area contributed by atoms with E-state index in [0.717, 1.165) is 11.8 Å². The van der Waals surface area contributed by atoms with E-state index in [-0.39, 0.29) is 29.9 Å². The number of hydrogen-bond donors (Lipinski definition) is 0. The monoisotopic (exact) mass is 303 g/mol. The molecule has 0 atom stereocenters. The van der Waals surface area contributed by atoms with E-state index in [4.69, 9.17) is 5.32 Å². The van der Waals surface area contributed by atoms with Crippen molar-refractivity contribution in [1.82, 2.24) is 0 Å². The van der Waals surface area contributed by atoms with Crippen molar-refractivity contribution < 1.29 is 18.9 Å². The van der Waals surface area contributed by atoms with Crippen LogP contribution in [-0.2, 0) is 0 Å². The van der Waals surface area contributed by atoms with Crippen LogP contribution in [0.5, 0.6) is 0 Å². The molecular weight excluding hydrogens is 261 g/mol. The van der Waals surface area contributed by atoms with Crippen LogP contribution in [0, 0.1) is 11.8 Å². The SMILES string of the molecule is CCC(CC)C(CC)(CC)[N-]C(CC)(CC)C(CC)CC.[Li+]. The van der Waals surface area contributed by atoms with E-state index < -0.39 is 0 Å². The van der Waals surface area contributed by atoms with Crippen molar-refractivity contribution >= 4 is 0 Å². The fraction of sp³-hybridized carbons (Fsp3) is 1.00. The average Bonchev–Trinajstić information content (AvgIpc) is 2.54. The molecule has 0 aliphatic rings. The van der Waals surface area contributed by atoms with Crippen molar-refractivity contribution in [3.8, 4) is 0 Å². The minimum Gasteiger partial charge on any atom is -0.651 e. The fourth-order valence-corrected chi connectivity index (χ4v) is 4.69.